The van der Waals surface area contributed by atoms with E-state index >= 15 is 0 Å². The average Bonchev–Trinajstić information content (AvgIpc) is 3.16. The second kappa shape index (κ2) is 6.33. The van der Waals surface area contributed by atoms with E-state index in [-0.39, 0.29) is 0 Å². The molecule has 1 aromatic carbocycles. The fourth-order valence-corrected chi connectivity index (χ4v) is 3.33. The molecule has 7 nitrogen and oxygen atoms in total. The number of aliphatic carboxylic acids is 1. The van der Waals surface area contributed by atoms with Gasteiger partial charge in [-0.15, -0.1) is 0 Å². The van der Waals surface area contributed by atoms with Crippen LogP contribution in [0.1, 0.15) is 0 Å². The molecular formula is C16H16ClNO6. The van der Waals surface area contributed by atoms with Gasteiger partial charge in [-0.3, -0.25) is 9.59 Å². The molecule has 0 aliphatic carbocycles. The van der Waals surface area contributed by atoms with E-state index in [4.69, 9.17) is 25.8 Å². The molecule has 2 N–H and O–H groups in total. The number of methoxy groups -OCH3 is 2. The molecule has 8 heteroatoms. The van der Waals surface area contributed by atoms with Crippen molar-refractivity contribution in [2.24, 2.45) is 11.8 Å². The number of benzene rings is 1. The van der Waals surface area contributed by atoms with Gasteiger partial charge in [0.2, 0.25) is 5.91 Å². The molecule has 1 amide bonds. The van der Waals surface area contributed by atoms with Gasteiger partial charge in [0.15, 0.2) is 0 Å². The fourth-order valence-electron chi connectivity index (χ4n) is 3.09. The van der Waals surface area contributed by atoms with E-state index in [0.717, 1.165) is 0 Å². The molecule has 0 spiro atoms. The molecule has 1 fully saturated rings. The van der Waals surface area contributed by atoms with Crippen LogP contribution in [0, 0.1) is 11.8 Å². The molecule has 1 aromatic rings. The largest absolute Gasteiger partial charge is 0.495 e. The monoisotopic (exact) mass is 353 g/mol. The minimum absolute atomic E-state index is 0.299. The fraction of sp³-hybridized carbons (Fsp3) is 0.375. The number of carbonyl (C=O) groups is 2. The molecule has 3 rings (SSSR count). The van der Waals surface area contributed by atoms with Crippen LogP contribution in [0.2, 0.25) is 5.02 Å². The summed E-state index contributed by atoms with van der Waals surface area (Å²) in [4.78, 5) is 24.1. The molecule has 0 saturated carbocycles. The first kappa shape index (κ1) is 16.6. The Hall–Kier alpha value is -2.25. The van der Waals surface area contributed by atoms with Gasteiger partial charge in [0.1, 0.15) is 17.4 Å². The minimum Gasteiger partial charge on any atom is -0.495 e. The number of carbonyl (C=O) groups excluding carboxylic acids is 1. The van der Waals surface area contributed by atoms with Gasteiger partial charge in [-0.2, -0.15) is 0 Å². The summed E-state index contributed by atoms with van der Waals surface area (Å²) in [6.45, 7) is 0. The first-order valence-electron chi connectivity index (χ1n) is 7.25. The quantitative estimate of drug-likeness (QED) is 0.786. The third-order valence-electron chi connectivity index (χ3n) is 4.22. The van der Waals surface area contributed by atoms with E-state index in [1.807, 2.05) is 0 Å². The zero-order valence-corrected chi connectivity index (χ0v) is 13.7. The summed E-state index contributed by atoms with van der Waals surface area (Å²) in [5, 5.41) is 12.4. The van der Waals surface area contributed by atoms with Gasteiger partial charge < -0.3 is 24.6 Å². The summed E-state index contributed by atoms with van der Waals surface area (Å²) in [6, 6.07) is 3.04. The molecule has 128 valence electrons. The molecule has 2 aliphatic rings. The number of nitrogens with one attached hydrogen (secondary N) is 1. The molecule has 4 atom stereocenters. The van der Waals surface area contributed by atoms with Crippen LogP contribution in [0.3, 0.4) is 0 Å². The second-order valence-corrected chi connectivity index (χ2v) is 5.92. The lowest BCUT2D eigenvalue weighted by Crippen LogP contribution is -2.39. The maximum atomic E-state index is 12.6. The smallest absolute Gasteiger partial charge is 0.310 e. The highest BCUT2D eigenvalue weighted by molar-refractivity contribution is 6.32. The Balaban J connectivity index is 1.86. The van der Waals surface area contributed by atoms with Gasteiger partial charge in [-0.25, -0.2) is 0 Å². The highest BCUT2D eigenvalue weighted by atomic mass is 35.5. The topological polar surface area (TPSA) is 94.1 Å². The predicted octanol–water partition coefficient (Wildman–Crippen LogP) is 1.95. The summed E-state index contributed by atoms with van der Waals surface area (Å²) in [5.74, 6) is -2.49. The second-order valence-electron chi connectivity index (χ2n) is 5.52. The van der Waals surface area contributed by atoms with Crippen molar-refractivity contribution >= 4 is 29.2 Å². The van der Waals surface area contributed by atoms with Gasteiger partial charge in [-0.1, -0.05) is 23.8 Å². The lowest BCUT2D eigenvalue weighted by molar-refractivity contribution is -0.145. The maximum Gasteiger partial charge on any atom is 0.310 e. The Bertz CT molecular complexity index is 719. The van der Waals surface area contributed by atoms with Crippen LogP contribution in [0.4, 0.5) is 5.69 Å². The van der Waals surface area contributed by atoms with Crippen LogP contribution in [0.25, 0.3) is 0 Å². The Morgan fingerprint density at radius 1 is 1.12 bits per heavy atom. The molecule has 24 heavy (non-hydrogen) atoms. The third-order valence-corrected chi connectivity index (χ3v) is 4.51. The number of halogens is 1. The summed E-state index contributed by atoms with van der Waals surface area (Å²) in [5.41, 5.74) is 0.337. The SMILES string of the molecule is COc1cc(OC)c(NC(=O)[C@H]2[C@H](C(=O)O)[C@H]3C=C[C@H]2O3)cc1Cl. The number of carboxylic acid groups (broad SMARTS) is 1. The highest BCUT2D eigenvalue weighted by Gasteiger charge is 2.53. The number of ether oxygens (including phenoxy) is 3. The van der Waals surface area contributed by atoms with Crippen LogP contribution in [-0.2, 0) is 14.3 Å². The lowest BCUT2D eigenvalue weighted by atomic mass is 9.82. The summed E-state index contributed by atoms with van der Waals surface area (Å²) in [7, 11) is 2.91. The van der Waals surface area contributed by atoms with Crippen molar-refractivity contribution in [2.45, 2.75) is 12.2 Å². The number of carboxylic acids is 1. The Morgan fingerprint density at radius 2 is 1.75 bits per heavy atom. The molecule has 0 aromatic heterocycles. The van der Waals surface area contributed by atoms with Crippen LogP contribution in [0.5, 0.6) is 11.5 Å². The third kappa shape index (κ3) is 2.70. The summed E-state index contributed by atoms with van der Waals surface area (Å²) >= 11 is 6.08. The molecule has 2 heterocycles. The van der Waals surface area contributed by atoms with Gasteiger partial charge in [0.25, 0.3) is 0 Å². The van der Waals surface area contributed by atoms with Crippen molar-refractivity contribution in [3.05, 3.63) is 29.3 Å². The number of amides is 1. The van der Waals surface area contributed by atoms with E-state index in [9.17, 15) is 14.7 Å². The number of hydrogen-bond acceptors (Lipinski definition) is 5. The van der Waals surface area contributed by atoms with E-state index < -0.39 is 35.9 Å². The first-order valence-corrected chi connectivity index (χ1v) is 7.63. The molecule has 1 saturated heterocycles. The molecule has 0 unspecified atom stereocenters. The van der Waals surface area contributed by atoms with Crippen LogP contribution in [-0.4, -0.2) is 43.4 Å². The van der Waals surface area contributed by atoms with Gasteiger partial charge in [-0.05, 0) is 6.07 Å². The molecule has 2 bridgehead atoms. The lowest BCUT2D eigenvalue weighted by Gasteiger charge is -2.22. The molecular weight excluding hydrogens is 338 g/mol. The van der Waals surface area contributed by atoms with Crippen molar-refractivity contribution in [2.75, 3.05) is 19.5 Å². The number of hydrogen-bond donors (Lipinski definition) is 2. The normalized spacial score (nSPS) is 27.1. The van der Waals surface area contributed by atoms with Crippen LogP contribution in [0.15, 0.2) is 24.3 Å². The zero-order valence-electron chi connectivity index (χ0n) is 13.0. The Labute approximate surface area is 143 Å². The summed E-state index contributed by atoms with van der Waals surface area (Å²) in [6.07, 6.45) is 2.27. The van der Waals surface area contributed by atoms with E-state index in [2.05, 4.69) is 5.32 Å². The summed E-state index contributed by atoms with van der Waals surface area (Å²) < 4.78 is 15.8. The number of rotatable bonds is 5. The predicted molar refractivity (Wildman–Crippen MR) is 85.6 cm³/mol. The standard InChI is InChI=1S/C16H16ClNO6/c1-22-11-6-12(23-2)8(5-7(11)17)18-15(19)13-9-3-4-10(24-9)14(13)16(20)21/h3-6,9-10,13-14H,1-2H3,(H,18,19)(H,20,21)/t9-,10-,13-,14-/m1/s1. The van der Waals surface area contributed by atoms with Gasteiger partial charge >= 0.3 is 5.97 Å². The first-order chi connectivity index (χ1) is 11.5. The average molecular weight is 354 g/mol. The van der Waals surface area contributed by atoms with Crippen LogP contribution >= 0.6 is 11.6 Å². The Morgan fingerprint density at radius 3 is 2.33 bits per heavy atom. The van der Waals surface area contributed by atoms with Crippen molar-refractivity contribution in [1.29, 1.82) is 0 Å². The molecule has 0 radical (unpaired) electrons. The van der Waals surface area contributed by atoms with E-state index in [1.165, 1.54) is 20.3 Å². The van der Waals surface area contributed by atoms with Gasteiger partial charge in [0.05, 0.1) is 43.1 Å². The maximum absolute atomic E-state index is 12.6. The van der Waals surface area contributed by atoms with Crippen molar-refractivity contribution < 1.29 is 28.9 Å². The van der Waals surface area contributed by atoms with Crippen molar-refractivity contribution in [3.63, 3.8) is 0 Å². The minimum atomic E-state index is -1.06. The van der Waals surface area contributed by atoms with Crippen molar-refractivity contribution in [3.8, 4) is 11.5 Å². The van der Waals surface area contributed by atoms with E-state index in [1.54, 1.807) is 18.2 Å². The van der Waals surface area contributed by atoms with Gasteiger partial charge in [0, 0.05) is 6.07 Å². The van der Waals surface area contributed by atoms with Crippen molar-refractivity contribution in [1.82, 2.24) is 0 Å². The highest BCUT2D eigenvalue weighted by Crippen LogP contribution is 2.41. The number of fused-ring (bicyclic) bond motifs is 2. The Kier molecular flexibility index (Phi) is 4.38. The zero-order chi connectivity index (χ0) is 17.4. The number of anilines is 1. The van der Waals surface area contributed by atoms with E-state index in [0.29, 0.717) is 22.2 Å². The van der Waals surface area contributed by atoms with Crippen LogP contribution < -0.4 is 14.8 Å². The molecule has 2 aliphatic heterocycles.